The molecule has 0 saturated carbocycles. The third kappa shape index (κ3) is 3.84. The number of para-hydroxylation sites is 1. The van der Waals surface area contributed by atoms with Crippen molar-refractivity contribution in [2.75, 3.05) is 19.4 Å². The second kappa shape index (κ2) is 7.15. The van der Waals surface area contributed by atoms with Crippen molar-refractivity contribution >= 4 is 38.7 Å². The third-order valence-corrected chi connectivity index (χ3v) is 5.57. The molecule has 0 unspecified atom stereocenters. The summed E-state index contributed by atoms with van der Waals surface area (Å²) in [5, 5.41) is 3.64. The van der Waals surface area contributed by atoms with Crippen LogP contribution in [0, 0.1) is 0 Å². The molecule has 1 N–H and O–H groups in total. The molecule has 3 rings (SSSR count). The molecule has 0 aliphatic rings. The number of sulfonamides is 1. The molecule has 1 amide bonds. The number of hydrogen-bond acceptors (Lipinski definition) is 4. The minimum Gasteiger partial charge on any atom is -0.457 e. The molecule has 0 fully saturated rings. The fourth-order valence-corrected chi connectivity index (χ4v) is 3.25. The molecule has 0 radical (unpaired) electrons. The van der Waals surface area contributed by atoms with Crippen molar-refractivity contribution in [3.8, 4) is 0 Å². The van der Waals surface area contributed by atoms with Crippen LogP contribution in [0.5, 0.6) is 0 Å². The van der Waals surface area contributed by atoms with Gasteiger partial charge in [0.05, 0.1) is 4.90 Å². The van der Waals surface area contributed by atoms with E-state index in [9.17, 15) is 13.2 Å². The molecule has 3 aromatic rings. The highest BCUT2D eigenvalue weighted by Gasteiger charge is 2.16. The van der Waals surface area contributed by atoms with Crippen LogP contribution in [-0.2, 0) is 14.8 Å². The zero-order chi connectivity index (χ0) is 18.7. The number of carbonyl (C=O) groups excluding carboxylic acids is 1. The lowest BCUT2D eigenvalue weighted by Gasteiger charge is -2.11. The molecule has 7 heteroatoms. The number of anilines is 1. The van der Waals surface area contributed by atoms with Gasteiger partial charge >= 0.3 is 0 Å². The largest absolute Gasteiger partial charge is 0.457 e. The Balaban J connectivity index is 1.68. The molecule has 134 valence electrons. The van der Waals surface area contributed by atoms with Gasteiger partial charge in [-0.15, -0.1) is 0 Å². The lowest BCUT2D eigenvalue weighted by Crippen LogP contribution is -2.22. The molecule has 0 spiro atoms. The van der Waals surface area contributed by atoms with Crippen LogP contribution in [0.25, 0.3) is 17.0 Å². The van der Waals surface area contributed by atoms with Gasteiger partial charge in [-0.25, -0.2) is 12.7 Å². The van der Waals surface area contributed by atoms with Crippen LogP contribution < -0.4 is 5.32 Å². The van der Waals surface area contributed by atoms with Gasteiger partial charge in [0.2, 0.25) is 15.9 Å². The first-order valence-electron chi connectivity index (χ1n) is 7.86. The number of rotatable bonds is 5. The maximum atomic E-state index is 12.0. The number of hydrogen-bond donors (Lipinski definition) is 1. The Morgan fingerprint density at radius 2 is 1.77 bits per heavy atom. The highest BCUT2D eigenvalue weighted by atomic mass is 32.2. The highest BCUT2D eigenvalue weighted by molar-refractivity contribution is 7.89. The predicted octanol–water partition coefficient (Wildman–Crippen LogP) is 3.34. The minimum atomic E-state index is -3.49. The van der Waals surface area contributed by atoms with Crippen LogP contribution in [0.3, 0.4) is 0 Å². The SMILES string of the molecule is CN(C)S(=O)(=O)c1ccc(NC(=O)/C=C/c2cc3ccccc3o2)cc1. The van der Waals surface area contributed by atoms with E-state index >= 15 is 0 Å². The minimum absolute atomic E-state index is 0.165. The summed E-state index contributed by atoms with van der Waals surface area (Å²) in [5.74, 6) is 0.238. The molecule has 0 bridgehead atoms. The smallest absolute Gasteiger partial charge is 0.248 e. The molecule has 0 atom stereocenters. The van der Waals surface area contributed by atoms with Gasteiger partial charge in [-0.05, 0) is 42.5 Å². The standard InChI is InChI=1S/C19H18N2O4S/c1-21(2)26(23,24)17-10-7-15(8-11-17)20-19(22)12-9-16-13-14-5-3-4-6-18(14)25-16/h3-13H,1-2H3,(H,20,22)/b12-9+. The lowest BCUT2D eigenvalue weighted by molar-refractivity contribution is -0.111. The van der Waals surface area contributed by atoms with E-state index in [4.69, 9.17) is 4.42 Å². The van der Waals surface area contributed by atoms with Gasteiger partial charge in [0.15, 0.2) is 0 Å². The predicted molar refractivity (Wildman–Crippen MR) is 101 cm³/mol. The Hall–Kier alpha value is -2.90. The molecule has 1 aromatic heterocycles. The topological polar surface area (TPSA) is 79.6 Å². The monoisotopic (exact) mass is 370 g/mol. The van der Waals surface area contributed by atoms with Crippen molar-refractivity contribution in [3.05, 3.63) is 66.4 Å². The first kappa shape index (κ1) is 17.9. The quantitative estimate of drug-likeness (QED) is 0.699. The molecule has 26 heavy (non-hydrogen) atoms. The molecule has 0 aliphatic heterocycles. The van der Waals surface area contributed by atoms with Gasteiger partial charge in [0.1, 0.15) is 11.3 Å². The summed E-state index contributed by atoms with van der Waals surface area (Å²) >= 11 is 0. The first-order chi connectivity index (χ1) is 12.4. The average Bonchev–Trinajstić information content (AvgIpc) is 3.03. The summed E-state index contributed by atoms with van der Waals surface area (Å²) in [6, 6.07) is 15.4. The summed E-state index contributed by atoms with van der Waals surface area (Å²) in [7, 11) is -0.555. The number of furan rings is 1. The zero-order valence-electron chi connectivity index (χ0n) is 14.3. The van der Waals surface area contributed by atoms with Crippen molar-refractivity contribution < 1.29 is 17.6 Å². The van der Waals surface area contributed by atoms with Gasteiger partial charge < -0.3 is 9.73 Å². The Morgan fingerprint density at radius 3 is 2.42 bits per heavy atom. The fraction of sp³-hybridized carbons (Fsp3) is 0.105. The normalized spacial score (nSPS) is 12.1. The number of nitrogens with one attached hydrogen (secondary N) is 1. The molecule has 0 aliphatic carbocycles. The van der Waals surface area contributed by atoms with E-state index in [0.717, 1.165) is 15.3 Å². The number of fused-ring (bicyclic) bond motifs is 1. The van der Waals surface area contributed by atoms with Crippen molar-refractivity contribution in [2.24, 2.45) is 0 Å². The Kier molecular flexibility index (Phi) is 4.92. The molecular formula is C19H18N2O4S. The molecular weight excluding hydrogens is 352 g/mol. The number of amides is 1. The fourth-order valence-electron chi connectivity index (χ4n) is 2.35. The molecule has 2 aromatic carbocycles. The van der Waals surface area contributed by atoms with Gasteiger partial charge in [0, 0.05) is 31.2 Å². The van der Waals surface area contributed by atoms with E-state index in [0.29, 0.717) is 11.4 Å². The van der Waals surface area contributed by atoms with Crippen LogP contribution in [0.4, 0.5) is 5.69 Å². The molecule has 1 heterocycles. The van der Waals surface area contributed by atoms with E-state index in [2.05, 4.69) is 5.32 Å². The highest BCUT2D eigenvalue weighted by Crippen LogP contribution is 2.20. The van der Waals surface area contributed by atoms with Crippen LogP contribution in [0.1, 0.15) is 5.76 Å². The maximum Gasteiger partial charge on any atom is 0.248 e. The average molecular weight is 370 g/mol. The van der Waals surface area contributed by atoms with E-state index in [1.807, 2.05) is 30.3 Å². The second-order valence-electron chi connectivity index (χ2n) is 5.82. The summed E-state index contributed by atoms with van der Waals surface area (Å²) in [5.41, 5.74) is 1.26. The summed E-state index contributed by atoms with van der Waals surface area (Å²) in [6.45, 7) is 0. The van der Waals surface area contributed by atoms with Gasteiger partial charge in [0.25, 0.3) is 0 Å². The van der Waals surface area contributed by atoms with Crippen molar-refractivity contribution in [1.82, 2.24) is 4.31 Å². The molecule has 0 saturated heterocycles. The second-order valence-corrected chi connectivity index (χ2v) is 7.97. The van der Waals surface area contributed by atoms with Crippen LogP contribution in [0.2, 0.25) is 0 Å². The lowest BCUT2D eigenvalue weighted by atomic mass is 10.2. The Bertz CT molecular complexity index is 1030. The van der Waals surface area contributed by atoms with E-state index in [1.54, 1.807) is 18.2 Å². The van der Waals surface area contributed by atoms with E-state index in [-0.39, 0.29) is 10.8 Å². The van der Waals surface area contributed by atoms with Crippen LogP contribution >= 0.6 is 0 Å². The Morgan fingerprint density at radius 1 is 1.08 bits per heavy atom. The summed E-state index contributed by atoms with van der Waals surface area (Å²) in [6.07, 6.45) is 2.95. The zero-order valence-corrected chi connectivity index (χ0v) is 15.2. The van der Waals surface area contributed by atoms with Crippen LogP contribution in [0.15, 0.2) is 70.0 Å². The number of carbonyl (C=O) groups is 1. The van der Waals surface area contributed by atoms with Crippen molar-refractivity contribution in [3.63, 3.8) is 0 Å². The van der Waals surface area contributed by atoms with E-state index < -0.39 is 10.0 Å². The third-order valence-electron chi connectivity index (χ3n) is 3.74. The van der Waals surface area contributed by atoms with Gasteiger partial charge in [-0.2, -0.15) is 0 Å². The summed E-state index contributed by atoms with van der Waals surface area (Å²) < 4.78 is 30.8. The first-order valence-corrected chi connectivity index (χ1v) is 9.30. The van der Waals surface area contributed by atoms with Crippen molar-refractivity contribution in [1.29, 1.82) is 0 Å². The maximum absolute atomic E-state index is 12.0. The number of nitrogens with zero attached hydrogens (tertiary/aromatic N) is 1. The van der Waals surface area contributed by atoms with Gasteiger partial charge in [-0.3, -0.25) is 4.79 Å². The number of benzene rings is 2. The molecule has 6 nitrogen and oxygen atoms in total. The summed E-state index contributed by atoms with van der Waals surface area (Å²) in [4.78, 5) is 12.2. The van der Waals surface area contributed by atoms with E-state index in [1.165, 1.54) is 32.3 Å². The van der Waals surface area contributed by atoms with Crippen LogP contribution in [-0.4, -0.2) is 32.7 Å². The van der Waals surface area contributed by atoms with Gasteiger partial charge in [-0.1, -0.05) is 18.2 Å². The van der Waals surface area contributed by atoms with Crippen molar-refractivity contribution in [2.45, 2.75) is 4.90 Å². The Labute approximate surface area is 151 Å².